The summed E-state index contributed by atoms with van der Waals surface area (Å²) in [7, 11) is -3.75. The van der Waals surface area contributed by atoms with Crippen molar-refractivity contribution in [2.75, 3.05) is 10.0 Å². The highest BCUT2D eigenvalue weighted by Gasteiger charge is 2.17. The van der Waals surface area contributed by atoms with Crippen molar-refractivity contribution in [1.82, 2.24) is 10.2 Å². The van der Waals surface area contributed by atoms with Crippen LogP contribution in [0.5, 0.6) is 0 Å². The molecule has 2 aromatic carbocycles. The van der Waals surface area contributed by atoms with Crippen LogP contribution in [-0.4, -0.2) is 24.5 Å². The third-order valence-corrected chi connectivity index (χ3v) is 6.78. The Labute approximate surface area is 180 Å². The predicted octanol–water partition coefficient (Wildman–Crippen LogP) is 4.63. The van der Waals surface area contributed by atoms with Gasteiger partial charge in [-0.2, -0.15) is 0 Å². The van der Waals surface area contributed by atoms with Crippen LogP contribution in [0.25, 0.3) is 0 Å². The van der Waals surface area contributed by atoms with Crippen molar-refractivity contribution in [3.05, 3.63) is 64.7 Å². The number of nitrogens with zero attached hydrogens (tertiary/aromatic N) is 2. The Bertz CT molecular complexity index is 1110. The molecule has 0 aliphatic rings. The SMILES string of the molecule is CCCCCc1nnc(NC(=O)c2ccc(S(=O)(=O)Nc3ccccc3C)cc2)s1. The highest BCUT2D eigenvalue weighted by molar-refractivity contribution is 7.92. The van der Waals surface area contributed by atoms with E-state index < -0.39 is 10.0 Å². The van der Waals surface area contributed by atoms with Crippen LogP contribution in [-0.2, 0) is 16.4 Å². The average Bonchev–Trinajstić information content (AvgIpc) is 3.17. The molecule has 0 radical (unpaired) electrons. The molecular formula is C21H24N4O3S2. The molecule has 1 amide bonds. The summed E-state index contributed by atoms with van der Waals surface area (Å²) in [5, 5.41) is 12.1. The van der Waals surface area contributed by atoms with Gasteiger partial charge >= 0.3 is 0 Å². The summed E-state index contributed by atoms with van der Waals surface area (Å²) in [4.78, 5) is 12.5. The number of sulfonamides is 1. The topological polar surface area (TPSA) is 101 Å². The van der Waals surface area contributed by atoms with E-state index in [4.69, 9.17) is 0 Å². The molecule has 9 heteroatoms. The van der Waals surface area contributed by atoms with Crippen molar-refractivity contribution in [2.24, 2.45) is 0 Å². The van der Waals surface area contributed by atoms with Gasteiger partial charge < -0.3 is 0 Å². The standard InChI is InChI=1S/C21H24N4O3S2/c1-3-4-5-10-19-23-24-21(29-19)22-20(26)16-11-13-17(14-12-16)30(27,28)25-18-9-7-6-8-15(18)2/h6-9,11-14,25H,3-5,10H2,1-2H3,(H,22,24,26). The van der Waals surface area contributed by atoms with E-state index in [-0.39, 0.29) is 10.8 Å². The van der Waals surface area contributed by atoms with Gasteiger partial charge in [0.2, 0.25) is 5.13 Å². The number of hydrogen-bond donors (Lipinski definition) is 2. The number of rotatable bonds is 9. The van der Waals surface area contributed by atoms with Gasteiger partial charge in [0.05, 0.1) is 10.6 Å². The number of benzene rings is 2. The van der Waals surface area contributed by atoms with Gasteiger partial charge in [-0.1, -0.05) is 49.3 Å². The van der Waals surface area contributed by atoms with Gasteiger partial charge in [0, 0.05) is 12.0 Å². The molecule has 7 nitrogen and oxygen atoms in total. The molecule has 3 rings (SSSR count). The van der Waals surface area contributed by atoms with E-state index in [1.54, 1.807) is 12.1 Å². The summed E-state index contributed by atoms with van der Waals surface area (Å²) in [6.07, 6.45) is 4.16. The molecule has 0 atom stereocenters. The highest BCUT2D eigenvalue weighted by Crippen LogP contribution is 2.21. The molecule has 0 aliphatic carbocycles. The zero-order chi connectivity index (χ0) is 21.6. The summed E-state index contributed by atoms with van der Waals surface area (Å²) < 4.78 is 27.8. The number of nitrogens with one attached hydrogen (secondary N) is 2. The quantitative estimate of drug-likeness (QED) is 0.469. The second kappa shape index (κ2) is 9.82. The van der Waals surface area contributed by atoms with E-state index in [1.165, 1.54) is 35.6 Å². The Morgan fingerprint density at radius 3 is 2.47 bits per heavy atom. The smallest absolute Gasteiger partial charge is 0.261 e. The van der Waals surface area contributed by atoms with Crippen LogP contribution in [0.1, 0.15) is 47.1 Å². The minimum Gasteiger partial charge on any atom is -0.296 e. The maximum atomic E-state index is 12.6. The predicted molar refractivity (Wildman–Crippen MR) is 120 cm³/mol. The molecule has 30 heavy (non-hydrogen) atoms. The van der Waals surface area contributed by atoms with Crippen molar-refractivity contribution in [3.63, 3.8) is 0 Å². The molecule has 3 aromatic rings. The Balaban J connectivity index is 1.65. The van der Waals surface area contributed by atoms with Crippen molar-refractivity contribution in [1.29, 1.82) is 0 Å². The van der Waals surface area contributed by atoms with Crippen LogP contribution in [0.4, 0.5) is 10.8 Å². The first kappa shape index (κ1) is 21.9. The summed E-state index contributed by atoms with van der Waals surface area (Å²) in [5.41, 5.74) is 1.68. The van der Waals surface area contributed by atoms with Crippen molar-refractivity contribution < 1.29 is 13.2 Å². The van der Waals surface area contributed by atoms with Crippen LogP contribution >= 0.6 is 11.3 Å². The zero-order valence-electron chi connectivity index (χ0n) is 16.9. The van der Waals surface area contributed by atoms with Gasteiger partial charge in [-0.25, -0.2) is 8.42 Å². The number of para-hydroxylation sites is 1. The normalized spacial score (nSPS) is 11.3. The lowest BCUT2D eigenvalue weighted by Crippen LogP contribution is -2.15. The van der Waals surface area contributed by atoms with Crippen LogP contribution in [0.3, 0.4) is 0 Å². The van der Waals surface area contributed by atoms with Crippen LogP contribution in [0, 0.1) is 6.92 Å². The Kier molecular flexibility index (Phi) is 7.17. The van der Waals surface area contributed by atoms with E-state index in [1.807, 2.05) is 19.1 Å². The lowest BCUT2D eigenvalue weighted by molar-refractivity contribution is 0.102. The summed E-state index contributed by atoms with van der Waals surface area (Å²) in [6.45, 7) is 3.97. The second-order valence-electron chi connectivity index (χ2n) is 6.86. The summed E-state index contributed by atoms with van der Waals surface area (Å²) in [5.74, 6) is -0.359. The fraction of sp³-hybridized carbons (Fsp3) is 0.286. The molecule has 0 unspecified atom stereocenters. The Hall–Kier alpha value is -2.78. The number of aromatic nitrogens is 2. The molecule has 0 fully saturated rings. The second-order valence-corrected chi connectivity index (χ2v) is 9.60. The molecular weight excluding hydrogens is 420 g/mol. The molecule has 0 bridgehead atoms. The zero-order valence-corrected chi connectivity index (χ0v) is 18.5. The van der Waals surface area contributed by atoms with Gasteiger partial charge in [0.1, 0.15) is 5.01 Å². The fourth-order valence-electron chi connectivity index (χ4n) is 2.78. The molecule has 0 saturated heterocycles. The van der Waals surface area contributed by atoms with Gasteiger partial charge in [0.15, 0.2) is 0 Å². The maximum Gasteiger partial charge on any atom is 0.261 e. The van der Waals surface area contributed by atoms with Crippen molar-refractivity contribution in [3.8, 4) is 0 Å². The van der Waals surface area contributed by atoms with Gasteiger partial charge in [-0.15, -0.1) is 10.2 Å². The largest absolute Gasteiger partial charge is 0.296 e. The Morgan fingerprint density at radius 2 is 1.77 bits per heavy atom. The van der Waals surface area contributed by atoms with Crippen LogP contribution in [0.15, 0.2) is 53.4 Å². The van der Waals surface area contributed by atoms with E-state index in [0.29, 0.717) is 16.4 Å². The monoisotopic (exact) mass is 444 g/mol. The minimum absolute atomic E-state index is 0.0800. The number of hydrogen-bond acceptors (Lipinski definition) is 6. The Morgan fingerprint density at radius 1 is 1.03 bits per heavy atom. The van der Waals surface area contributed by atoms with E-state index in [2.05, 4.69) is 27.2 Å². The number of anilines is 2. The average molecular weight is 445 g/mol. The minimum atomic E-state index is -3.75. The highest BCUT2D eigenvalue weighted by atomic mass is 32.2. The summed E-state index contributed by atoms with van der Waals surface area (Å²) in [6, 6.07) is 12.9. The first-order chi connectivity index (χ1) is 14.4. The molecule has 0 aliphatic heterocycles. The van der Waals surface area contributed by atoms with Crippen LogP contribution < -0.4 is 10.0 Å². The number of amides is 1. The molecule has 1 aromatic heterocycles. The van der Waals surface area contributed by atoms with Gasteiger partial charge in [0.25, 0.3) is 15.9 Å². The number of carbonyl (C=O) groups is 1. The van der Waals surface area contributed by atoms with E-state index in [0.717, 1.165) is 36.3 Å². The maximum absolute atomic E-state index is 12.6. The number of aryl methyl sites for hydroxylation is 2. The molecule has 0 saturated carbocycles. The van der Waals surface area contributed by atoms with Gasteiger partial charge in [-0.3, -0.25) is 14.8 Å². The lowest BCUT2D eigenvalue weighted by Gasteiger charge is -2.10. The lowest BCUT2D eigenvalue weighted by atomic mass is 10.2. The third kappa shape index (κ3) is 5.64. The van der Waals surface area contributed by atoms with Crippen molar-refractivity contribution >= 4 is 38.1 Å². The molecule has 1 heterocycles. The van der Waals surface area contributed by atoms with Crippen LogP contribution in [0.2, 0.25) is 0 Å². The van der Waals surface area contributed by atoms with Crippen molar-refractivity contribution in [2.45, 2.75) is 44.4 Å². The van der Waals surface area contributed by atoms with E-state index in [9.17, 15) is 13.2 Å². The van der Waals surface area contributed by atoms with E-state index >= 15 is 0 Å². The first-order valence-electron chi connectivity index (χ1n) is 9.71. The number of carbonyl (C=O) groups excluding carboxylic acids is 1. The third-order valence-electron chi connectivity index (χ3n) is 4.50. The fourth-order valence-corrected chi connectivity index (χ4v) is 4.68. The number of unbranched alkanes of at least 4 members (excludes halogenated alkanes) is 2. The summed E-state index contributed by atoms with van der Waals surface area (Å²) >= 11 is 1.36. The first-order valence-corrected chi connectivity index (χ1v) is 12.0. The molecule has 158 valence electrons. The molecule has 0 spiro atoms. The van der Waals surface area contributed by atoms with Gasteiger partial charge in [-0.05, 0) is 49.2 Å². The molecule has 2 N–H and O–H groups in total.